The molecule has 4 heteroatoms. The summed E-state index contributed by atoms with van der Waals surface area (Å²) in [4.78, 5) is 14.3. The highest BCUT2D eigenvalue weighted by atomic mass is 35.5. The molecule has 0 unspecified atom stereocenters. The van der Waals surface area contributed by atoms with Crippen molar-refractivity contribution < 1.29 is 4.79 Å². The second kappa shape index (κ2) is 8.28. The van der Waals surface area contributed by atoms with Crippen LogP contribution in [0.2, 0.25) is 0 Å². The summed E-state index contributed by atoms with van der Waals surface area (Å²) < 4.78 is 0. The van der Waals surface area contributed by atoms with E-state index in [0.717, 1.165) is 19.4 Å². The predicted molar refractivity (Wildman–Crippen MR) is 84.7 cm³/mol. The van der Waals surface area contributed by atoms with Crippen LogP contribution in [0.1, 0.15) is 38.2 Å². The van der Waals surface area contributed by atoms with E-state index in [-0.39, 0.29) is 24.4 Å². The Morgan fingerprint density at radius 1 is 1.30 bits per heavy atom. The first-order valence-electron chi connectivity index (χ1n) is 7.28. The van der Waals surface area contributed by atoms with E-state index in [1.165, 1.54) is 12.0 Å². The van der Waals surface area contributed by atoms with Crippen molar-refractivity contribution in [3.8, 4) is 0 Å². The van der Waals surface area contributed by atoms with E-state index in [0.29, 0.717) is 18.9 Å². The molecule has 0 aromatic heterocycles. The number of carbonyl (C=O) groups excluding carboxylic acids is 1. The van der Waals surface area contributed by atoms with Gasteiger partial charge in [-0.05, 0) is 31.2 Å². The van der Waals surface area contributed by atoms with Crippen molar-refractivity contribution in [3.05, 3.63) is 35.9 Å². The zero-order chi connectivity index (χ0) is 13.7. The zero-order valence-corrected chi connectivity index (χ0v) is 12.9. The number of nitrogens with two attached hydrogens (primary N) is 1. The molecule has 1 amide bonds. The molecule has 0 saturated heterocycles. The van der Waals surface area contributed by atoms with Crippen LogP contribution in [-0.4, -0.2) is 23.4 Å². The van der Waals surface area contributed by atoms with Gasteiger partial charge in [0.05, 0.1) is 0 Å². The molecule has 1 aliphatic carbocycles. The van der Waals surface area contributed by atoms with Crippen LogP contribution < -0.4 is 5.73 Å². The second-order valence-corrected chi connectivity index (χ2v) is 5.45. The lowest BCUT2D eigenvalue weighted by Gasteiger charge is -2.24. The highest BCUT2D eigenvalue weighted by Crippen LogP contribution is 2.27. The Labute approximate surface area is 127 Å². The van der Waals surface area contributed by atoms with Gasteiger partial charge >= 0.3 is 0 Å². The average molecular weight is 297 g/mol. The van der Waals surface area contributed by atoms with Gasteiger partial charge in [0, 0.05) is 25.6 Å². The number of amides is 1. The highest BCUT2D eigenvalue weighted by molar-refractivity contribution is 5.85. The molecule has 1 aromatic carbocycles. The van der Waals surface area contributed by atoms with E-state index in [2.05, 4.69) is 12.1 Å². The molecule has 1 saturated carbocycles. The number of hydrogen-bond acceptors (Lipinski definition) is 2. The first-order chi connectivity index (χ1) is 9.20. The van der Waals surface area contributed by atoms with E-state index in [1.807, 2.05) is 30.0 Å². The Hall–Kier alpha value is -1.06. The molecule has 0 radical (unpaired) electrons. The SMILES string of the molecule is CCN(Cc1ccccc1)C(=O)C[C@@H]1CCC[C@H]1N.Cl. The van der Waals surface area contributed by atoms with Crippen LogP contribution in [0.15, 0.2) is 30.3 Å². The Morgan fingerprint density at radius 2 is 2.00 bits per heavy atom. The smallest absolute Gasteiger partial charge is 0.223 e. The van der Waals surface area contributed by atoms with Crippen LogP contribution in [0.25, 0.3) is 0 Å². The van der Waals surface area contributed by atoms with Crippen molar-refractivity contribution in [3.63, 3.8) is 0 Å². The van der Waals surface area contributed by atoms with E-state index in [4.69, 9.17) is 5.73 Å². The minimum absolute atomic E-state index is 0. The maximum Gasteiger partial charge on any atom is 0.223 e. The zero-order valence-electron chi connectivity index (χ0n) is 12.1. The Bertz CT molecular complexity index is 410. The Kier molecular flexibility index (Phi) is 7.03. The number of benzene rings is 1. The quantitative estimate of drug-likeness (QED) is 0.908. The lowest BCUT2D eigenvalue weighted by atomic mass is 9.99. The maximum atomic E-state index is 12.4. The van der Waals surface area contributed by atoms with Crippen molar-refractivity contribution >= 4 is 18.3 Å². The predicted octanol–water partition coefficient (Wildman–Crippen LogP) is 2.97. The minimum atomic E-state index is 0. The fraction of sp³-hybridized carbons (Fsp3) is 0.562. The van der Waals surface area contributed by atoms with E-state index >= 15 is 0 Å². The number of hydrogen-bond donors (Lipinski definition) is 1. The van der Waals surface area contributed by atoms with Crippen LogP contribution in [0.4, 0.5) is 0 Å². The fourth-order valence-electron chi connectivity index (χ4n) is 2.85. The van der Waals surface area contributed by atoms with Gasteiger partial charge in [0.2, 0.25) is 5.91 Å². The standard InChI is InChI=1S/C16H24N2O.ClH/c1-2-18(12-13-7-4-3-5-8-13)16(19)11-14-9-6-10-15(14)17;/h3-5,7-8,14-15H,2,6,9-12,17H2,1H3;1H/t14-,15+;/m0./s1. The molecule has 112 valence electrons. The summed E-state index contributed by atoms with van der Waals surface area (Å²) in [5, 5.41) is 0. The van der Waals surface area contributed by atoms with E-state index < -0.39 is 0 Å². The summed E-state index contributed by atoms with van der Waals surface area (Å²) in [6.07, 6.45) is 3.96. The van der Waals surface area contributed by atoms with Crippen LogP contribution in [0, 0.1) is 5.92 Å². The second-order valence-electron chi connectivity index (χ2n) is 5.45. The molecule has 0 bridgehead atoms. The molecule has 0 aliphatic heterocycles. The first kappa shape index (κ1) is 17.0. The third-order valence-electron chi connectivity index (χ3n) is 4.11. The van der Waals surface area contributed by atoms with Crippen molar-refractivity contribution in [1.82, 2.24) is 4.90 Å². The summed E-state index contributed by atoms with van der Waals surface area (Å²) in [6, 6.07) is 10.4. The number of nitrogens with zero attached hydrogens (tertiary/aromatic N) is 1. The molecule has 20 heavy (non-hydrogen) atoms. The summed E-state index contributed by atoms with van der Waals surface area (Å²) in [5.74, 6) is 0.631. The molecule has 1 fully saturated rings. The molecule has 0 heterocycles. The molecule has 0 spiro atoms. The van der Waals surface area contributed by atoms with Gasteiger partial charge in [-0.2, -0.15) is 0 Å². The molecule has 1 aliphatic rings. The normalized spacial score (nSPS) is 21.3. The lowest BCUT2D eigenvalue weighted by molar-refractivity contribution is -0.132. The van der Waals surface area contributed by atoms with Gasteiger partial charge < -0.3 is 10.6 Å². The topological polar surface area (TPSA) is 46.3 Å². The monoisotopic (exact) mass is 296 g/mol. The van der Waals surface area contributed by atoms with Gasteiger partial charge in [-0.1, -0.05) is 36.8 Å². The summed E-state index contributed by atoms with van der Waals surface area (Å²) >= 11 is 0. The van der Waals surface area contributed by atoms with Crippen molar-refractivity contribution in [1.29, 1.82) is 0 Å². The molecular weight excluding hydrogens is 272 g/mol. The van der Waals surface area contributed by atoms with Gasteiger partial charge in [0.25, 0.3) is 0 Å². The third kappa shape index (κ3) is 4.50. The minimum Gasteiger partial charge on any atom is -0.339 e. The van der Waals surface area contributed by atoms with Crippen LogP contribution in [0.3, 0.4) is 0 Å². The molecule has 2 rings (SSSR count). The summed E-state index contributed by atoms with van der Waals surface area (Å²) in [5.41, 5.74) is 7.24. The van der Waals surface area contributed by atoms with E-state index in [9.17, 15) is 4.79 Å². The number of carbonyl (C=O) groups is 1. The maximum absolute atomic E-state index is 12.4. The van der Waals surface area contributed by atoms with Crippen molar-refractivity contribution in [2.45, 2.75) is 45.2 Å². The summed E-state index contributed by atoms with van der Waals surface area (Å²) in [7, 11) is 0. The third-order valence-corrected chi connectivity index (χ3v) is 4.11. The molecular formula is C16H25ClN2O. The van der Waals surface area contributed by atoms with E-state index in [1.54, 1.807) is 0 Å². The molecule has 2 atom stereocenters. The van der Waals surface area contributed by atoms with Gasteiger partial charge in [-0.3, -0.25) is 4.79 Å². The Morgan fingerprint density at radius 3 is 2.55 bits per heavy atom. The number of rotatable bonds is 5. The van der Waals surface area contributed by atoms with Crippen LogP contribution in [0.5, 0.6) is 0 Å². The van der Waals surface area contributed by atoms with Gasteiger partial charge in [-0.15, -0.1) is 12.4 Å². The number of halogens is 1. The van der Waals surface area contributed by atoms with Crippen LogP contribution >= 0.6 is 12.4 Å². The largest absolute Gasteiger partial charge is 0.339 e. The summed E-state index contributed by atoms with van der Waals surface area (Å²) in [6.45, 7) is 3.50. The highest BCUT2D eigenvalue weighted by Gasteiger charge is 2.27. The van der Waals surface area contributed by atoms with Crippen LogP contribution in [-0.2, 0) is 11.3 Å². The van der Waals surface area contributed by atoms with Gasteiger partial charge in [-0.25, -0.2) is 0 Å². The van der Waals surface area contributed by atoms with Crippen molar-refractivity contribution in [2.75, 3.05) is 6.54 Å². The molecule has 3 nitrogen and oxygen atoms in total. The lowest BCUT2D eigenvalue weighted by Crippen LogP contribution is -2.34. The first-order valence-corrected chi connectivity index (χ1v) is 7.28. The Balaban J connectivity index is 0.00000200. The van der Waals surface area contributed by atoms with Crippen molar-refractivity contribution in [2.24, 2.45) is 11.7 Å². The van der Waals surface area contributed by atoms with Gasteiger partial charge in [0.15, 0.2) is 0 Å². The molecule has 1 aromatic rings. The fourth-order valence-corrected chi connectivity index (χ4v) is 2.85. The average Bonchev–Trinajstić information content (AvgIpc) is 2.82. The van der Waals surface area contributed by atoms with Gasteiger partial charge in [0.1, 0.15) is 0 Å². The molecule has 2 N–H and O–H groups in total.